The molecule has 0 fully saturated rings. The van der Waals surface area contributed by atoms with Crippen molar-refractivity contribution in [3.8, 4) is 6.07 Å². The van der Waals surface area contributed by atoms with E-state index in [1.807, 2.05) is 19.9 Å². The molecule has 0 aromatic heterocycles. The Morgan fingerprint density at radius 1 is 1.47 bits per heavy atom. The molecule has 1 aliphatic carbocycles. The highest BCUT2D eigenvalue weighted by Gasteiger charge is 2.43. The normalized spacial score (nSPS) is 27.1. The number of hydrogen-bond acceptors (Lipinski definition) is 3. The predicted molar refractivity (Wildman–Crippen MR) is 57.1 cm³/mol. The van der Waals surface area contributed by atoms with Gasteiger partial charge < -0.3 is 10.8 Å². The summed E-state index contributed by atoms with van der Waals surface area (Å²) in [5.74, 6) is 0. The van der Waals surface area contributed by atoms with Crippen LogP contribution in [0, 0.1) is 11.3 Å². The molecule has 15 heavy (non-hydrogen) atoms. The standard InChI is InChI=1S/C12H14N2O/c1-12(2)9-4-3-7(6-13)5-8(9)10(14)11(12)15/h3-5,10-11,15H,14H2,1-2H3/t10-,11+/m1/s1. The summed E-state index contributed by atoms with van der Waals surface area (Å²) in [6.45, 7) is 3.94. The maximum atomic E-state index is 10.0. The lowest BCUT2D eigenvalue weighted by atomic mass is 9.84. The van der Waals surface area contributed by atoms with Gasteiger partial charge in [0.25, 0.3) is 0 Å². The van der Waals surface area contributed by atoms with Crippen molar-refractivity contribution in [1.29, 1.82) is 5.26 Å². The molecule has 78 valence electrons. The Balaban J connectivity index is 2.62. The highest BCUT2D eigenvalue weighted by molar-refractivity contribution is 5.48. The molecule has 0 unspecified atom stereocenters. The Labute approximate surface area is 89.1 Å². The fourth-order valence-corrected chi connectivity index (χ4v) is 2.27. The minimum atomic E-state index is -0.582. The van der Waals surface area contributed by atoms with Crippen molar-refractivity contribution < 1.29 is 5.11 Å². The van der Waals surface area contributed by atoms with E-state index >= 15 is 0 Å². The first-order chi connectivity index (χ1) is 6.98. The van der Waals surface area contributed by atoms with Crippen LogP contribution < -0.4 is 5.73 Å². The van der Waals surface area contributed by atoms with E-state index in [1.165, 1.54) is 0 Å². The van der Waals surface area contributed by atoms with Crippen LogP contribution in [-0.2, 0) is 5.41 Å². The average Bonchev–Trinajstić information content (AvgIpc) is 2.40. The van der Waals surface area contributed by atoms with E-state index in [1.54, 1.807) is 12.1 Å². The number of benzene rings is 1. The maximum absolute atomic E-state index is 10.0. The average molecular weight is 202 g/mol. The number of aliphatic hydroxyl groups is 1. The number of nitriles is 1. The van der Waals surface area contributed by atoms with Gasteiger partial charge in [-0.05, 0) is 23.3 Å². The van der Waals surface area contributed by atoms with Crippen molar-refractivity contribution in [3.05, 3.63) is 34.9 Å². The van der Waals surface area contributed by atoms with E-state index in [4.69, 9.17) is 11.0 Å². The SMILES string of the molecule is CC1(C)c2ccc(C#N)cc2[C@@H](N)[C@@H]1O. The van der Waals surface area contributed by atoms with Gasteiger partial charge in [0.2, 0.25) is 0 Å². The quantitative estimate of drug-likeness (QED) is 0.664. The summed E-state index contributed by atoms with van der Waals surface area (Å²) in [6, 6.07) is 7.13. The van der Waals surface area contributed by atoms with Gasteiger partial charge in [-0.1, -0.05) is 19.9 Å². The third-order valence-electron chi connectivity index (χ3n) is 3.31. The van der Waals surface area contributed by atoms with Crippen molar-refractivity contribution in [2.45, 2.75) is 31.4 Å². The lowest BCUT2D eigenvalue weighted by Gasteiger charge is -2.25. The summed E-state index contributed by atoms with van der Waals surface area (Å²) in [5.41, 5.74) is 8.13. The number of nitrogens with zero attached hydrogens (tertiary/aromatic N) is 1. The van der Waals surface area contributed by atoms with Gasteiger partial charge in [0.05, 0.1) is 23.8 Å². The summed E-state index contributed by atoms with van der Waals surface area (Å²) >= 11 is 0. The molecule has 3 nitrogen and oxygen atoms in total. The minimum absolute atomic E-state index is 0.331. The van der Waals surface area contributed by atoms with E-state index in [0.29, 0.717) is 5.56 Å². The molecule has 0 radical (unpaired) electrons. The molecule has 0 saturated heterocycles. The van der Waals surface area contributed by atoms with Crippen LogP contribution in [0.25, 0.3) is 0 Å². The van der Waals surface area contributed by atoms with Gasteiger partial charge in [0.1, 0.15) is 0 Å². The van der Waals surface area contributed by atoms with E-state index in [-0.39, 0.29) is 11.5 Å². The van der Waals surface area contributed by atoms with Gasteiger partial charge in [-0.25, -0.2) is 0 Å². The molecule has 1 aliphatic rings. The molecule has 0 amide bonds. The van der Waals surface area contributed by atoms with Crippen LogP contribution in [-0.4, -0.2) is 11.2 Å². The molecule has 0 saturated carbocycles. The Morgan fingerprint density at radius 3 is 2.73 bits per heavy atom. The zero-order valence-electron chi connectivity index (χ0n) is 8.86. The van der Waals surface area contributed by atoms with Crippen LogP contribution in [0.4, 0.5) is 0 Å². The maximum Gasteiger partial charge on any atom is 0.0991 e. The van der Waals surface area contributed by atoms with E-state index in [9.17, 15) is 5.11 Å². The second-order valence-corrected chi connectivity index (χ2v) is 4.61. The third-order valence-corrected chi connectivity index (χ3v) is 3.31. The third kappa shape index (κ3) is 1.26. The molecule has 0 bridgehead atoms. The van der Waals surface area contributed by atoms with Gasteiger partial charge in [-0.15, -0.1) is 0 Å². The predicted octanol–water partition coefficient (Wildman–Crippen LogP) is 1.21. The fraction of sp³-hybridized carbons (Fsp3) is 0.417. The summed E-state index contributed by atoms with van der Waals surface area (Å²) in [4.78, 5) is 0. The van der Waals surface area contributed by atoms with Crippen molar-refractivity contribution in [3.63, 3.8) is 0 Å². The summed E-state index contributed by atoms with van der Waals surface area (Å²) in [7, 11) is 0. The van der Waals surface area contributed by atoms with E-state index in [0.717, 1.165) is 11.1 Å². The highest BCUT2D eigenvalue weighted by atomic mass is 16.3. The van der Waals surface area contributed by atoms with Gasteiger partial charge in [-0.3, -0.25) is 0 Å². The van der Waals surface area contributed by atoms with Crippen molar-refractivity contribution in [2.24, 2.45) is 5.73 Å². The van der Waals surface area contributed by atoms with Crippen molar-refractivity contribution in [2.75, 3.05) is 0 Å². The van der Waals surface area contributed by atoms with Gasteiger partial charge in [0, 0.05) is 5.41 Å². The summed E-state index contributed by atoms with van der Waals surface area (Å²) in [5, 5.41) is 18.8. The molecule has 3 N–H and O–H groups in total. The van der Waals surface area contributed by atoms with Gasteiger partial charge >= 0.3 is 0 Å². The second kappa shape index (κ2) is 3.06. The first-order valence-electron chi connectivity index (χ1n) is 4.96. The topological polar surface area (TPSA) is 70.0 Å². The zero-order valence-corrected chi connectivity index (χ0v) is 8.86. The fourth-order valence-electron chi connectivity index (χ4n) is 2.27. The Kier molecular flexibility index (Phi) is 2.07. The Hall–Kier alpha value is -1.37. The number of rotatable bonds is 0. The second-order valence-electron chi connectivity index (χ2n) is 4.61. The van der Waals surface area contributed by atoms with E-state index in [2.05, 4.69) is 6.07 Å². The largest absolute Gasteiger partial charge is 0.390 e. The van der Waals surface area contributed by atoms with Crippen LogP contribution in [0.5, 0.6) is 0 Å². The molecular formula is C12H14N2O. The first-order valence-corrected chi connectivity index (χ1v) is 4.96. The number of fused-ring (bicyclic) bond motifs is 1. The van der Waals surface area contributed by atoms with Gasteiger partial charge in [0.15, 0.2) is 0 Å². The first kappa shape index (κ1) is 10.2. The number of hydrogen-bond donors (Lipinski definition) is 2. The number of aliphatic hydroxyl groups excluding tert-OH is 1. The van der Waals surface area contributed by atoms with Crippen molar-refractivity contribution in [1.82, 2.24) is 0 Å². The zero-order chi connectivity index (χ0) is 11.2. The van der Waals surface area contributed by atoms with Gasteiger partial charge in [-0.2, -0.15) is 5.26 Å². The van der Waals surface area contributed by atoms with Crippen LogP contribution in [0.2, 0.25) is 0 Å². The molecule has 1 aromatic rings. The molecule has 2 atom stereocenters. The summed E-state index contributed by atoms with van der Waals surface area (Å²) < 4.78 is 0. The van der Waals surface area contributed by atoms with Crippen LogP contribution in [0.15, 0.2) is 18.2 Å². The number of nitrogens with two attached hydrogens (primary N) is 1. The van der Waals surface area contributed by atoms with E-state index < -0.39 is 6.10 Å². The van der Waals surface area contributed by atoms with Crippen LogP contribution in [0.1, 0.15) is 36.6 Å². The van der Waals surface area contributed by atoms with Crippen LogP contribution in [0.3, 0.4) is 0 Å². The minimum Gasteiger partial charge on any atom is -0.390 e. The van der Waals surface area contributed by atoms with Crippen LogP contribution >= 0.6 is 0 Å². The Morgan fingerprint density at radius 2 is 2.13 bits per heavy atom. The van der Waals surface area contributed by atoms with Crippen molar-refractivity contribution >= 4 is 0 Å². The molecule has 0 aliphatic heterocycles. The Bertz CT molecular complexity index is 445. The highest BCUT2D eigenvalue weighted by Crippen LogP contribution is 2.43. The molecule has 3 heteroatoms. The molecule has 0 heterocycles. The molecular weight excluding hydrogens is 188 g/mol. The summed E-state index contributed by atoms with van der Waals surface area (Å²) in [6.07, 6.45) is -0.582. The lowest BCUT2D eigenvalue weighted by molar-refractivity contribution is 0.0921. The molecule has 0 spiro atoms. The monoisotopic (exact) mass is 202 g/mol. The lowest BCUT2D eigenvalue weighted by Crippen LogP contribution is -2.34. The smallest absolute Gasteiger partial charge is 0.0991 e. The molecule has 2 rings (SSSR count). The molecule has 1 aromatic carbocycles.